The van der Waals surface area contributed by atoms with Gasteiger partial charge in [0.1, 0.15) is 17.0 Å². The van der Waals surface area contributed by atoms with Crippen LogP contribution in [0, 0.1) is 5.92 Å². The van der Waals surface area contributed by atoms with Gasteiger partial charge in [0.15, 0.2) is 0 Å². The highest BCUT2D eigenvalue weighted by Crippen LogP contribution is 2.41. The Hall–Kier alpha value is -2.68. The molecule has 3 aromatic rings. The number of carbonyl (C=O) groups excluding carboxylic acids is 1. The number of benzene rings is 1. The van der Waals surface area contributed by atoms with E-state index in [0.717, 1.165) is 41.4 Å². The summed E-state index contributed by atoms with van der Waals surface area (Å²) in [6, 6.07) is 4.99. The van der Waals surface area contributed by atoms with E-state index in [0.29, 0.717) is 32.1 Å². The third kappa shape index (κ3) is 3.72. The lowest BCUT2D eigenvalue weighted by Crippen LogP contribution is -2.49. The van der Waals surface area contributed by atoms with E-state index in [1.54, 1.807) is 17.7 Å². The summed E-state index contributed by atoms with van der Waals surface area (Å²) in [6.45, 7) is 4.01. The average Bonchev–Trinajstić information content (AvgIpc) is 3.15. The fourth-order valence-electron chi connectivity index (χ4n) is 4.71. The van der Waals surface area contributed by atoms with Crippen LogP contribution in [0.1, 0.15) is 39.7 Å². The summed E-state index contributed by atoms with van der Waals surface area (Å²) in [5.41, 5.74) is 0.166. The molecule has 9 heteroatoms. The van der Waals surface area contributed by atoms with Crippen molar-refractivity contribution in [2.75, 3.05) is 31.1 Å². The van der Waals surface area contributed by atoms with Crippen molar-refractivity contribution in [1.82, 2.24) is 14.9 Å². The zero-order chi connectivity index (χ0) is 22.5. The summed E-state index contributed by atoms with van der Waals surface area (Å²) in [4.78, 5) is 28.0. The van der Waals surface area contributed by atoms with Gasteiger partial charge in [0.2, 0.25) is 0 Å². The van der Waals surface area contributed by atoms with Crippen molar-refractivity contribution in [1.29, 1.82) is 0 Å². The number of amides is 1. The number of anilines is 1. The van der Waals surface area contributed by atoms with Gasteiger partial charge in [-0.25, -0.2) is 9.97 Å². The smallest absolute Gasteiger partial charge is 0.352 e. The molecular weight excluding hydrogens is 437 g/mol. The second kappa shape index (κ2) is 8.03. The monoisotopic (exact) mass is 460 g/mol. The van der Waals surface area contributed by atoms with E-state index >= 15 is 0 Å². The Morgan fingerprint density at radius 3 is 2.62 bits per heavy atom. The molecule has 168 valence electrons. The van der Waals surface area contributed by atoms with Crippen molar-refractivity contribution in [2.45, 2.75) is 32.4 Å². The van der Waals surface area contributed by atoms with Crippen molar-refractivity contribution in [3.63, 3.8) is 0 Å². The summed E-state index contributed by atoms with van der Waals surface area (Å²) in [5.74, 6) is 0.971. The third-order valence-corrected chi connectivity index (χ3v) is 7.56. The molecule has 0 saturated carbocycles. The fraction of sp³-hybridized carbons (Fsp3) is 0.435. The molecule has 0 bridgehead atoms. The van der Waals surface area contributed by atoms with Crippen molar-refractivity contribution >= 4 is 33.3 Å². The minimum atomic E-state index is -4.56. The van der Waals surface area contributed by atoms with Crippen LogP contribution >= 0.6 is 11.3 Å². The summed E-state index contributed by atoms with van der Waals surface area (Å²) in [6.07, 6.45) is 0.255. The van der Waals surface area contributed by atoms with Gasteiger partial charge in [-0.15, -0.1) is 11.3 Å². The molecular formula is C23H23F3N4OS. The van der Waals surface area contributed by atoms with Gasteiger partial charge in [-0.05, 0) is 42.9 Å². The summed E-state index contributed by atoms with van der Waals surface area (Å²) >= 11 is 1.74. The van der Waals surface area contributed by atoms with Crippen molar-refractivity contribution < 1.29 is 18.0 Å². The average molecular weight is 461 g/mol. The van der Waals surface area contributed by atoms with Crippen LogP contribution in [0.15, 0.2) is 30.6 Å². The molecule has 1 aliphatic heterocycles. The van der Waals surface area contributed by atoms with Crippen LogP contribution in [-0.2, 0) is 19.0 Å². The van der Waals surface area contributed by atoms with Crippen LogP contribution in [0.25, 0.3) is 10.2 Å². The van der Waals surface area contributed by atoms with Gasteiger partial charge in [0.05, 0.1) is 16.5 Å². The highest BCUT2D eigenvalue weighted by molar-refractivity contribution is 7.19. The molecule has 1 unspecified atom stereocenters. The Kier molecular flexibility index (Phi) is 5.31. The Balaban J connectivity index is 1.37. The zero-order valence-electron chi connectivity index (χ0n) is 17.7. The molecule has 0 spiro atoms. The van der Waals surface area contributed by atoms with E-state index in [2.05, 4.69) is 21.8 Å². The first kappa shape index (κ1) is 21.2. The molecule has 3 heterocycles. The second-order valence-electron chi connectivity index (χ2n) is 8.55. The summed E-state index contributed by atoms with van der Waals surface area (Å²) in [5, 5.41) is 1.11. The van der Waals surface area contributed by atoms with Crippen LogP contribution in [0.3, 0.4) is 0 Å². The topological polar surface area (TPSA) is 49.3 Å². The Labute approximate surface area is 187 Å². The number of aryl methyl sites for hydroxylation is 1. The van der Waals surface area contributed by atoms with E-state index in [9.17, 15) is 18.0 Å². The number of fused-ring (bicyclic) bond motifs is 3. The lowest BCUT2D eigenvalue weighted by Gasteiger charge is -2.36. The maximum atomic E-state index is 13.3. The molecule has 0 radical (unpaired) electrons. The number of alkyl halides is 3. The van der Waals surface area contributed by atoms with E-state index in [-0.39, 0.29) is 5.56 Å². The molecule has 1 aliphatic carbocycles. The number of thiophene rings is 1. The van der Waals surface area contributed by atoms with Crippen molar-refractivity contribution in [3.8, 4) is 0 Å². The summed E-state index contributed by atoms with van der Waals surface area (Å²) in [7, 11) is 0. The normalized spacial score (nSPS) is 19.3. The minimum Gasteiger partial charge on any atom is -0.352 e. The lowest BCUT2D eigenvalue weighted by molar-refractivity contribution is -0.138. The van der Waals surface area contributed by atoms with Gasteiger partial charge in [0.25, 0.3) is 5.91 Å². The number of piperazine rings is 1. The Morgan fingerprint density at radius 1 is 1.12 bits per heavy atom. The number of halogens is 3. The lowest BCUT2D eigenvalue weighted by atomic mass is 9.89. The quantitative estimate of drug-likeness (QED) is 0.552. The molecule has 2 aromatic heterocycles. The van der Waals surface area contributed by atoms with E-state index in [4.69, 9.17) is 0 Å². The molecule has 5 rings (SSSR count). The Bertz CT molecular complexity index is 1170. The molecule has 2 aliphatic rings. The van der Waals surface area contributed by atoms with Gasteiger partial charge < -0.3 is 9.80 Å². The predicted octanol–water partition coefficient (Wildman–Crippen LogP) is 4.80. The zero-order valence-corrected chi connectivity index (χ0v) is 18.5. The SMILES string of the molecule is CC1CCc2c(sc3ncnc(N4CCN(C(=O)c5ccccc5C(F)(F)F)CC4)c23)C1. The fourth-order valence-corrected chi connectivity index (χ4v) is 6.05. The standard InChI is InChI=1S/C23H23F3N4OS/c1-14-6-7-16-18(12-14)32-21-19(16)20(27-13-28-21)29-8-10-30(11-9-29)22(31)15-4-2-3-5-17(15)23(24,25)26/h2-5,13-14H,6-12H2,1H3. The molecule has 0 N–H and O–H groups in total. The number of aromatic nitrogens is 2. The Morgan fingerprint density at radius 2 is 1.88 bits per heavy atom. The highest BCUT2D eigenvalue weighted by Gasteiger charge is 2.36. The van der Waals surface area contributed by atoms with Gasteiger partial charge >= 0.3 is 6.18 Å². The summed E-state index contributed by atoms with van der Waals surface area (Å²) < 4.78 is 40.0. The van der Waals surface area contributed by atoms with Crippen LogP contribution < -0.4 is 4.90 Å². The van der Waals surface area contributed by atoms with Gasteiger partial charge in [-0.2, -0.15) is 13.2 Å². The van der Waals surface area contributed by atoms with E-state index in [1.165, 1.54) is 33.5 Å². The van der Waals surface area contributed by atoms with Crippen LogP contribution in [0.5, 0.6) is 0 Å². The minimum absolute atomic E-state index is 0.293. The number of hydrogen-bond acceptors (Lipinski definition) is 5. The van der Waals surface area contributed by atoms with E-state index < -0.39 is 17.6 Å². The number of carbonyl (C=O) groups is 1. The van der Waals surface area contributed by atoms with Gasteiger partial charge in [-0.1, -0.05) is 19.1 Å². The molecule has 1 amide bonds. The second-order valence-corrected chi connectivity index (χ2v) is 9.64. The van der Waals surface area contributed by atoms with Gasteiger partial charge in [0, 0.05) is 31.1 Å². The third-order valence-electron chi connectivity index (χ3n) is 6.40. The number of nitrogens with zero attached hydrogens (tertiary/aromatic N) is 4. The maximum Gasteiger partial charge on any atom is 0.417 e. The molecule has 1 fully saturated rings. The molecule has 32 heavy (non-hydrogen) atoms. The van der Waals surface area contributed by atoms with Crippen LogP contribution in [0.4, 0.5) is 19.0 Å². The number of hydrogen-bond donors (Lipinski definition) is 0. The maximum absolute atomic E-state index is 13.3. The van der Waals surface area contributed by atoms with E-state index in [1.807, 2.05) is 0 Å². The molecule has 1 atom stereocenters. The van der Waals surface area contributed by atoms with Crippen LogP contribution in [0.2, 0.25) is 0 Å². The molecule has 1 aromatic carbocycles. The van der Waals surface area contributed by atoms with Crippen molar-refractivity contribution in [3.05, 3.63) is 52.2 Å². The number of rotatable bonds is 2. The van der Waals surface area contributed by atoms with Crippen molar-refractivity contribution in [2.24, 2.45) is 5.92 Å². The predicted molar refractivity (Wildman–Crippen MR) is 118 cm³/mol. The highest BCUT2D eigenvalue weighted by atomic mass is 32.1. The first-order valence-electron chi connectivity index (χ1n) is 10.8. The molecule has 1 saturated heterocycles. The first-order chi connectivity index (χ1) is 15.3. The first-order valence-corrected chi connectivity index (χ1v) is 11.6. The largest absolute Gasteiger partial charge is 0.417 e. The molecule has 5 nitrogen and oxygen atoms in total. The van der Waals surface area contributed by atoms with Crippen LogP contribution in [-0.4, -0.2) is 47.0 Å². The van der Waals surface area contributed by atoms with Gasteiger partial charge in [-0.3, -0.25) is 4.79 Å².